The summed E-state index contributed by atoms with van der Waals surface area (Å²) in [6, 6.07) is 9.57. The molecule has 11 heteroatoms. The number of carbonyl (C=O) groups excluding carboxylic acids is 1. The highest BCUT2D eigenvalue weighted by molar-refractivity contribution is 8.00. The molecule has 1 heterocycles. The molecule has 0 spiro atoms. The van der Waals surface area contributed by atoms with Crippen molar-refractivity contribution in [3.8, 4) is 5.69 Å². The van der Waals surface area contributed by atoms with Crippen molar-refractivity contribution in [3.05, 3.63) is 69.7 Å². The highest BCUT2D eigenvalue weighted by atomic mass is 35.5. The Bertz CT molecular complexity index is 1160. The zero-order chi connectivity index (χ0) is 21.2. The number of amides is 1. The van der Waals surface area contributed by atoms with E-state index < -0.39 is 15.9 Å². The van der Waals surface area contributed by atoms with Crippen LogP contribution in [-0.4, -0.2) is 29.6 Å². The Balaban J connectivity index is 1.89. The Morgan fingerprint density at radius 1 is 1.17 bits per heavy atom. The van der Waals surface area contributed by atoms with Crippen LogP contribution in [0.3, 0.4) is 0 Å². The van der Waals surface area contributed by atoms with Crippen LogP contribution in [0.2, 0.25) is 15.1 Å². The van der Waals surface area contributed by atoms with Crippen LogP contribution in [0.4, 0.5) is 0 Å². The van der Waals surface area contributed by atoms with E-state index in [9.17, 15) is 13.2 Å². The summed E-state index contributed by atoms with van der Waals surface area (Å²) in [5.74, 6) is -0.243. The Labute approximate surface area is 187 Å². The van der Waals surface area contributed by atoms with Gasteiger partial charge in [0.05, 0.1) is 5.02 Å². The van der Waals surface area contributed by atoms with Crippen LogP contribution in [-0.2, 0) is 10.0 Å². The van der Waals surface area contributed by atoms with Crippen molar-refractivity contribution in [2.75, 3.05) is 5.75 Å². The topological polar surface area (TPSA) is 81.1 Å². The van der Waals surface area contributed by atoms with Gasteiger partial charge in [-0.05, 0) is 36.1 Å². The van der Waals surface area contributed by atoms with Crippen molar-refractivity contribution in [1.82, 2.24) is 14.3 Å². The Morgan fingerprint density at radius 2 is 1.86 bits per heavy atom. The highest BCUT2D eigenvalue weighted by Gasteiger charge is 2.26. The van der Waals surface area contributed by atoms with Crippen molar-refractivity contribution < 1.29 is 13.2 Å². The van der Waals surface area contributed by atoms with E-state index >= 15 is 0 Å². The Hall–Kier alpha value is -1.71. The van der Waals surface area contributed by atoms with Gasteiger partial charge in [-0.15, -0.1) is 11.8 Å². The smallest absolute Gasteiger partial charge is 0.285 e. The highest BCUT2D eigenvalue weighted by Crippen LogP contribution is 2.32. The number of nitrogens with zero attached hydrogens (tertiary/aromatic N) is 2. The van der Waals surface area contributed by atoms with Gasteiger partial charge < -0.3 is 4.57 Å². The summed E-state index contributed by atoms with van der Waals surface area (Å²) in [5, 5.41) is 0.853. The lowest BCUT2D eigenvalue weighted by atomic mass is 10.3. The number of imidazole rings is 1. The monoisotopic (exact) mass is 489 g/mol. The summed E-state index contributed by atoms with van der Waals surface area (Å²) in [6.07, 6.45) is 2.73. The summed E-state index contributed by atoms with van der Waals surface area (Å²) in [5.41, 5.74) is 0.478. The van der Waals surface area contributed by atoms with E-state index in [1.807, 2.05) is 11.6 Å². The molecule has 0 saturated carbocycles. The predicted molar refractivity (Wildman–Crippen MR) is 116 cm³/mol. The average Bonchev–Trinajstić information content (AvgIpc) is 3.11. The molecular weight excluding hydrogens is 477 g/mol. The maximum absolute atomic E-state index is 12.8. The fourth-order valence-electron chi connectivity index (χ4n) is 2.51. The number of hydrogen-bond acceptors (Lipinski definition) is 5. The van der Waals surface area contributed by atoms with Crippen molar-refractivity contribution in [2.24, 2.45) is 0 Å². The first-order valence-corrected chi connectivity index (χ1v) is 11.8. The molecule has 1 N–H and O–H groups in total. The van der Waals surface area contributed by atoms with Gasteiger partial charge in [0, 0.05) is 26.8 Å². The number of sulfonamides is 1. The minimum atomic E-state index is -4.20. The number of thioether (sulfide) groups is 1. The molecule has 152 valence electrons. The molecule has 3 aromatic rings. The third kappa shape index (κ3) is 5.07. The van der Waals surface area contributed by atoms with Crippen molar-refractivity contribution in [2.45, 2.75) is 16.7 Å². The van der Waals surface area contributed by atoms with Gasteiger partial charge in [-0.2, -0.15) is 0 Å². The molecule has 1 amide bonds. The van der Waals surface area contributed by atoms with Gasteiger partial charge in [-0.3, -0.25) is 4.79 Å². The molecule has 0 aliphatic rings. The molecule has 0 bridgehead atoms. The van der Waals surface area contributed by atoms with E-state index in [1.54, 1.807) is 30.3 Å². The first-order valence-electron chi connectivity index (χ1n) is 8.20. The van der Waals surface area contributed by atoms with Gasteiger partial charge in [0.15, 0.2) is 0 Å². The quantitative estimate of drug-likeness (QED) is 0.488. The summed E-state index contributed by atoms with van der Waals surface area (Å²) in [4.78, 5) is 16.8. The number of aromatic nitrogens is 2. The van der Waals surface area contributed by atoms with E-state index in [2.05, 4.69) is 4.98 Å². The second-order valence-electron chi connectivity index (χ2n) is 5.73. The second-order valence-corrected chi connectivity index (χ2v) is 9.93. The number of rotatable bonds is 6. The van der Waals surface area contributed by atoms with E-state index in [0.29, 0.717) is 26.4 Å². The van der Waals surface area contributed by atoms with E-state index in [1.165, 1.54) is 34.9 Å². The van der Waals surface area contributed by atoms with E-state index in [-0.39, 0.29) is 15.6 Å². The lowest BCUT2D eigenvalue weighted by Crippen LogP contribution is -2.31. The zero-order valence-electron chi connectivity index (χ0n) is 14.9. The fraction of sp³-hybridized carbons (Fsp3) is 0.111. The second kappa shape index (κ2) is 8.97. The van der Waals surface area contributed by atoms with Crippen molar-refractivity contribution >= 4 is 62.5 Å². The first kappa shape index (κ1) is 22.0. The van der Waals surface area contributed by atoms with Crippen molar-refractivity contribution in [1.29, 1.82) is 0 Å². The van der Waals surface area contributed by atoms with Crippen LogP contribution in [0.15, 0.2) is 58.7 Å². The zero-order valence-corrected chi connectivity index (χ0v) is 18.8. The Kier molecular flexibility index (Phi) is 6.80. The van der Waals surface area contributed by atoms with Crippen LogP contribution >= 0.6 is 46.6 Å². The standard InChI is InChI=1S/C18H14Cl3N3O3S2/c1-2-28-16-5-3-4-14(21)17(16)29(26,27)23-18(25)15-9-24(10-22-15)13-7-11(19)6-12(20)8-13/h3-10H,2H2,1H3,(H,23,25). The Morgan fingerprint density at radius 3 is 2.52 bits per heavy atom. The van der Waals surface area contributed by atoms with Crippen LogP contribution in [0.25, 0.3) is 5.69 Å². The largest absolute Gasteiger partial charge is 0.305 e. The molecule has 0 atom stereocenters. The average molecular weight is 491 g/mol. The number of hydrogen-bond donors (Lipinski definition) is 1. The predicted octanol–water partition coefficient (Wildman–Crippen LogP) is 5.06. The summed E-state index contributed by atoms with van der Waals surface area (Å²) < 4.78 is 29.1. The molecule has 6 nitrogen and oxygen atoms in total. The summed E-state index contributed by atoms with van der Waals surface area (Å²) in [7, 11) is -4.20. The van der Waals surface area contributed by atoms with Crippen LogP contribution in [0.5, 0.6) is 0 Å². The molecule has 0 radical (unpaired) electrons. The molecule has 2 aromatic carbocycles. The fourth-order valence-corrected chi connectivity index (χ4v) is 5.90. The van der Waals surface area contributed by atoms with Crippen LogP contribution in [0.1, 0.15) is 17.4 Å². The summed E-state index contributed by atoms with van der Waals surface area (Å²) in [6.45, 7) is 1.88. The normalized spacial score (nSPS) is 11.4. The number of nitrogens with one attached hydrogen (secondary N) is 1. The molecule has 3 rings (SSSR count). The molecule has 0 saturated heterocycles. The minimum Gasteiger partial charge on any atom is -0.305 e. The van der Waals surface area contributed by atoms with Gasteiger partial charge in [0.1, 0.15) is 16.9 Å². The lowest BCUT2D eigenvalue weighted by molar-refractivity contribution is 0.0977. The molecule has 0 aliphatic heterocycles. The van der Waals surface area contributed by atoms with Gasteiger partial charge in [-0.1, -0.05) is 47.8 Å². The van der Waals surface area contributed by atoms with Gasteiger partial charge >= 0.3 is 0 Å². The molecule has 0 aliphatic carbocycles. The lowest BCUT2D eigenvalue weighted by Gasteiger charge is -2.11. The molecule has 0 unspecified atom stereocenters. The maximum Gasteiger partial charge on any atom is 0.285 e. The number of halogens is 3. The molecule has 29 heavy (non-hydrogen) atoms. The van der Waals surface area contributed by atoms with Gasteiger partial charge in [-0.25, -0.2) is 18.1 Å². The molecule has 0 fully saturated rings. The SMILES string of the molecule is CCSc1cccc(Cl)c1S(=O)(=O)NC(=O)c1cn(-c2cc(Cl)cc(Cl)c2)cn1. The van der Waals surface area contributed by atoms with Gasteiger partial charge in [0.2, 0.25) is 0 Å². The first-order chi connectivity index (χ1) is 13.7. The molecular formula is C18H14Cl3N3O3S2. The third-order valence-corrected chi connectivity index (χ3v) is 7.05. The van der Waals surface area contributed by atoms with Crippen molar-refractivity contribution in [3.63, 3.8) is 0 Å². The number of benzene rings is 2. The van der Waals surface area contributed by atoms with E-state index in [4.69, 9.17) is 34.8 Å². The minimum absolute atomic E-state index is 0.0304. The number of carbonyl (C=O) groups is 1. The van der Waals surface area contributed by atoms with Crippen LogP contribution < -0.4 is 4.72 Å². The van der Waals surface area contributed by atoms with E-state index in [0.717, 1.165) is 0 Å². The summed E-state index contributed by atoms with van der Waals surface area (Å²) >= 11 is 19.4. The van der Waals surface area contributed by atoms with Gasteiger partial charge in [0.25, 0.3) is 15.9 Å². The third-order valence-electron chi connectivity index (χ3n) is 3.69. The maximum atomic E-state index is 12.8. The molecule has 1 aromatic heterocycles. The van der Waals surface area contributed by atoms with Crippen LogP contribution in [0, 0.1) is 0 Å².